The van der Waals surface area contributed by atoms with Gasteiger partial charge in [-0.05, 0) is 43.2 Å². The molecule has 1 aromatic heterocycles. The number of ether oxygens (including phenoxy) is 3. The number of carbonyl (C=O) groups is 3. The Kier molecular flexibility index (Phi) is 8.82. The zero-order valence-corrected chi connectivity index (χ0v) is 25.4. The Labute approximate surface area is 260 Å². The minimum absolute atomic E-state index is 0.0122. The van der Waals surface area contributed by atoms with Gasteiger partial charge >= 0.3 is 0 Å². The number of aliphatic hydroxyl groups excluding tert-OH is 2. The van der Waals surface area contributed by atoms with E-state index < -0.39 is 36.0 Å². The summed E-state index contributed by atoms with van der Waals surface area (Å²) in [6, 6.07) is 9.08. The summed E-state index contributed by atoms with van der Waals surface area (Å²) in [7, 11) is 2.99. The number of carbonyl (C=O) groups excluding carboxylic acids is 3. The van der Waals surface area contributed by atoms with Crippen LogP contribution in [-0.2, 0) is 4.79 Å². The molecule has 3 aliphatic rings. The van der Waals surface area contributed by atoms with Crippen LogP contribution in [-0.4, -0.2) is 84.9 Å². The molecule has 0 spiro atoms. The van der Waals surface area contributed by atoms with Crippen molar-refractivity contribution in [3.63, 3.8) is 0 Å². The molecule has 1 aliphatic heterocycles. The number of fused-ring (bicyclic) bond motifs is 4. The van der Waals surface area contributed by atoms with E-state index in [1.54, 1.807) is 35.2 Å². The van der Waals surface area contributed by atoms with Crippen molar-refractivity contribution < 1.29 is 43.2 Å². The molecule has 2 aromatic carbocycles. The molecule has 1 fully saturated rings. The maximum absolute atomic E-state index is 14.5. The third-order valence-corrected chi connectivity index (χ3v) is 9.12. The van der Waals surface area contributed by atoms with Gasteiger partial charge in [0.1, 0.15) is 18.5 Å². The highest BCUT2D eigenvalue weighted by molar-refractivity contribution is 5.99. The van der Waals surface area contributed by atoms with Gasteiger partial charge in [0.05, 0.1) is 32.8 Å². The Hall–Kier alpha value is -4.35. The molecule has 2 heterocycles. The van der Waals surface area contributed by atoms with Gasteiger partial charge in [-0.15, -0.1) is 0 Å². The van der Waals surface area contributed by atoms with Crippen LogP contribution >= 0.6 is 0 Å². The van der Waals surface area contributed by atoms with Crippen molar-refractivity contribution in [1.82, 2.24) is 10.2 Å². The number of rotatable bonds is 9. The van der Waals surface area contributed by atoms with Crippen LogP contribution in [0.5, 0.6) is 17.2 Å². The summed E-state index contributed by atoms with van der Waals surface area (Å²) in [5, 5.41) is 24.9. The summed E-state index contributed by atoms with van der Waals surface area (Å²) in [5.74, 6) is -0.404. The fourth-order valence-corrected chi connectivity index (χ4v) is 7.04. The van der Waals surface area contributed by atoms with Gasteiger partial charge in [0.15, 0.2) is 28.6 Å². The van der Waals surface area contributed by atoms with E-state index in [4.69, 9.17) is 18.6 Å². The van der Waals surface area contributed by atoms with Crippen molar-refractivity contribution in [2.75, 3.05) is 27.4 Å². The number of amides is 2. The van der Waals surface area contributed by atoms with Crippen LogP contribution in [0.3, 0.4) is 0 Å². The lowest BCUT2D eigenvalue weighted by Crippen LogP contribution is -2.58. The average Bonchev–Trinajstić information content (AvgIpc) is 3.58. The van der Waals surface area contributed by atoms with E-state index in [0.717, 1.165) is 38.5 Å². The lowest BCUT2D eigenvalue weighted by Gasteiger charge is -2.43. The van der Waals surface area contributed by atoms with Gasteiger partial charge in [0.2, 0.25) is 5.91 Å². The molecule has 238 valence electrons. The zero-order valence-electron chi connectivity index (χ0n) is 25.4. The van der Waals surface area contributed by atoms with Crippen molar-refractivity contribution >= 4 is 29.1 Å². The molecule has 2 amide bonds. The summed E-state index contributed by atoms with van der Waals surface area (Å²) in [6.45, 7) is -0.254. The number of nitrogens with zero attached hydrogens (tertiary/aromatic N) is 1. The molecule has 4 atom stereocenters. The van der Waals surface area contributed by atoms with Gasteiger partial charge in [0, 0.05) is 34.7 Å². The van der Waals surface area contributed by atoms with E-state index in [0.29, 0.717) is 45.6 Å². The Morgan fingerprint density at radius 1 is 1.07 bits per heavy atom. The molecule has 2 aliphatic carbocycles. The molecule has 0 bridgehead atoms. The van der Waals surface area contributed by atoms with Crippen LogP contribution in [0.4, 0.5) is 0 Å². The fraction of sp³-hybridized carbons (Fsp3) is 0.441. The van der Waals surface area contributed by atoms with Crippen LogP contribution in [0.15, 0.2) is 52.5 Å². The Morgan fingerprint density at radius 3 is 2.51 bits per heavy atom. The monoisotopic (exact) mass is 618 g/mol. The number of hydrogen-bond donors (Lipinski definition) is 3. The largest absolute Gasteiger partial charge is 0.493 e. The van der Waals surface area contributed by atoms with Crippen molar-refractivity contribution in [1.29, 1.82) is 0 Å². The molecule has 3 N–H and O–H groups in total. The minimum Gasteiger partial charge on any atom is -0.493 e. The second-order valence-corrected chi connectivity index (χ2v) is 11.7. The van der Waals surface area contributed by atoms with E-state index >= 15 is 0 Å². The highest BCUT2D eigenvalue weighted by atomic mass is 16.5. The lowest BCUT2D eigenvalue weighted by molar-refractivity contribution is -0.118. The first-order valence-corrected chi connectivity index (χ1v) is 15.4. The quantitative estimate of drug-likeness (QED) is 0.241. The molecule has 0 saturated heterocycles. The topological polar surface area (TPSA) is 148 Å². The van der Waals surface area contributed by atoms with E-state index in [1.807, 2.05) is 12.1 Å². The van der Waals surface area contributed by atoms with Crippen LogP contribution in [0.1, 0.15) is 70.9 Å². The summed E-state index contributed by atoms with van der Waals surface area (Å²) in [4.78, 5) is 41.7. The third kappa shape index (κ3) is 5.55. The molecule has 11 heteroatoms. The first-order valence-electron chi connectivity index (χ1n) is 15.4. The highest BCUT2D eigenvalue weighted by Crippen LogP contribution is 2.51. The number of para-hydroxylation sites is 1. The number of furan rings is 1. The zero-order chi connectivity index (χ0) is 31.7. The maximum atomic E-state index is 14.5. The second-order valence-electron chi connectivity index (χ2n) is 11.7. The molecule has 6 rings (SSSR count). The molecule has 11 nitrogen and oxygen atoms in total. The van der Waals surface area contributed by atoms with Crippen molar-refractivity contribution in [3.05, 3.63) is 64.9 Å². The third-order valence-electron chi connectivity index (χ3n) is 9.12. The van der Waals surface area contributed by atoms with Gasteiger partial charge in [-0.25, -0.2) is 0 Å². The van der Waals surface area contributed by atoms with E-state index in [-0.39, 0.29) is 30.5 Å². The minimum atomic E-state index is -1.24. The molecule has 1 saturated carbocycles. The predicted octanol–water partition coefficient (Wildman–Crippen LogP) is 3.75. The Morgan fingerprint density at radius 2 is 1.82 bits per heavy atom. The summed E-state index contributed by atoms with van der Waals surface area (Å²) < 4.78 is 23.4. The van der Waals surface area contributed by atoms with Crippen molar-refractivity contribution in [2.45, 2.75) is 68.7 Å². The standard InChI is InChI=1S/C34H38N2O9/c1-42-25-11-7-8-20-16-27(44-30(20)25)34(41)36(21-9-5-3-4-6-10-21)24-17-23(33(40)35-12-13-37)28-22-14-19(18-38)15-26(43-2)31(22)45-32(28)29(24)39/h7-8,11,14-18,21,24,28-29,32,37,39H,3-6,9-10,12-13H2,1-2H3,(H,35,40). The van der Waals surface area contributed by atoms with Gasteiger partial charge in [-0.2, -0.15) is 0 Å². The fourth-order valence-electron chi connectivity index (χ4n) is 7.04. The second kappa shape index (κ2) is 12.9. The Bertz CT molecular complexity index is 1620. The number of aliphatic hydroxyl groups is 2. The van der Waals surface area contributed by atoms with Crippen LogP contribution in [0, 0.1) is 0 Å². The summed E-state index contributed by atoms with van der Waals surface area (Å²) in [5.41, 5.74) is 1.57. The number of nitrogens with one attached hydrogen (secondary N) is 1. The molecular formula is C34H38N2O9. The average molecular weight is 619 g/mol. The van der Waals surface area contributed by atoms with E-state index in [1.165, 1.54) is 14.2 Å². The molecule has 45 heavy (non-hydrogen) atoms. The van der Waals surface area contributed by atoms with E-state index in [9.17, 15) is 24.6 Å². The summed E-state index contributed by atoms with van der Waals surface area (Å²) in [6.07, 6.45) is 5.49. The normalized spacial score (nSPS) is 22.8. The Balaban J connectivity index is 1.48. The lowest BCUT2D eigenvalue weighted by atomic mass is 9.76. The van der Waals surface area contributed by atoms with Gasteiger partial charge in [-0.1, -0.05) is 37.8 Å². The molecular weight excluding hydrogens is 580 g/mol. The first-order chi connectivity index (χ1) is 21.9. The van der Waals surface area contributed by atoms with Crippen LogP contribution in [0.25, 0.3) is 11.0 Å². The smallest absolute Gasteiger partial charge is 0.290 e. The number of benzene rings is 2. The summed E-state index contributed by atoms with van der Waals surface area (Å²) >= 11 is 0. The highest BCUT2D eigenvalue weighted by Gasteiger charge is 2.52. The maximum Gasteiger partial charge on any atom is 0.290 e. The van der Waals surface area contributed by atoms with Crippen molar-refractivity contribution in [3.8, 4) is 17.2 Å². The first kappa shape index (κ1) is 30.7. The van der Waals surface area contributed by atoms with Gasteiger partial charge in [0.25, 0.3) is 5.91 Å². The van der Waals surface area contributed by atoms with Gasteiger partial charge < -0.3 is 39.1 Å². The number of aldehydes is 1. The van der Waals surface area contributed by atoms with Crippen molar-refractivity contribution in [2.24, 2.45) is 0 Å². The van der Waals surface area contributed by atoms with Gasteiger partial charge in [-0.3, -0.25) is 14.4 Å². The van der Waals surface area contributed by atoms with Crippen LogP contribution < -0.4 is 19.5 Å². The van der Waals surface area contributed by atoms with E-state index in [2.05, 4.69) is 5.32 Å². The molecule has 0 radical (unpaired) electrons. The van der Waals surface area contributed by atoms with Crippen LogP contribution in [0.2, 0.25) is 0 Å². The number of hydrogen-bond acceptors (Lipinski definition) is 9. The number of methoxy groups -OCH3 is 2. The predicted molar refractivity (Wildman–Crippen MR) is 164 cm³/mol. The molecule has 4 unspecified atom stereocenters. The SMILES string of the molecule is COc1cc(C=O)cc2c1OC1C2C(C(=O)NCCO)=CC(N(C(=O)c2cc3cccc(OC)c3o2)C2CCCCCC2)C1O. The molecule has 3 aromatic rings.